The van der Waals surface area contributed by atoms with Gasteiger partial charge in [0.2, 0.25) is 0 Å². The molecule has 1 rings (SSSR count). The van der Waals surface area contributed by atoms with Gasteiger partial charge in [-0.15, -0.1) is 12.4 Å². The summed E-state index contributed by atoms with van der Waals surface area (Å²) in [6.07, 6.45) is 0.930. The van der Waals surface area contributed by atoms with Crippen LogP contribution in [-0.2, 0) is 0 Å². The SMILES string of the molecule is CCC(O)CCNC(=O)c1cccc(N)c1.Cl. The van der Waals surface area contributed by atoms with Gasteiger partial charge in [0.15, 0.2) is 0 Å². The Hall–Kier alpha value is -1.26. The van der Waals surface area contributed by atoms with Crippen molar-refractivity contribution in [2.45, 2.75) is 25.9 Å². The monoisotopic (exact) mass is 258 g/mol. The predicted molar refractivity (Wildman–Crippen MR) is 71.4 cm³/mol. The summed E-state index contributed by atoms with van der Waals surface area (Å²) in [6, 6.07) is 6.82. The number of hydrogen-bond acceptors (Lipinski definition) is 3. The molecule has 1 aromatic carbocycles. The van der Waals surface area contributed by atoms with Crippen molar-refractivity contribution in [2.24, 2.45) is 0 Å². The summed E-state index contributed by atoms with van der Waals surface area (Å²) in [7, 11) is 0. The smallest absolute Gasteiger partial charge is 0.251 e. The number of nitrogens with two attached hydrogens (primary N) is 1. The van der Waals surface area contributed by atoms with Crippen LogP contribution in [0.5, 0.6) is 0 Å². The number of carbonyl (C=O) groups is 1. The van der Waals surface area contributed by atoms with Gasteiger partial charge in [0.25, 0.3) is 5.91 Å². The highest BCUT2D eigenvalue weighted by atomic mass is 35.5. The van der Waals surface area contributed by atoms with Crippen LogP contribution in [0.2, 0.25) is 0 Å². The van der Waals surface area contributed by atoms with Crippen LogP contribution in [0.1, 0.15) is 30.1 Å². The molecule has 1 amide bonds. The van der Waals surface area contributed by atoms with E-state index in [0.29, 0.717) is 30.6 Å². The largest absolute Gasteiger partial charge is 0.399 e. The highest BCUT2D eigenvalue weighted by molar-refractivity contribution is 5.94. The third-order valence-corrected chi connectivity index (χ3v) is 2.38. The molecule has 5 heteroatoms. The lowest BCUT2D eigenvalue weighted by atomic mass is 10.1. The Morgan fingerprint density at radius 3 is 2.82 bits per heavy atom. The number of benzene rings is 1. The van der Waals surface area contributed by atoms with Crippen molar-refractivity contribution in [1.82, 2.24) is 5.32 Å². The minimum Gasteiger partial charge on any atom is -0.399 e. The fourth-order valence-corrected chi connectivity index (χ4v) is 1.34. The Morgan fingerprint density at radius 1 is 1.53 bits per heavy atom. The average molecular weight is 259 g/mol. The maximum absolute atomic E-state index is 11.6. The zero-order valence-corrected chi connectivity index (χ0v) is 10.7. The topological polar surface area (TPSA) is 75.3 Å². The molecule has 0 aromatic heterocycles. The third-order valence-electron chi connectivity index (χ3n) is 2.38. The van der Waals surface area contributed by atoms with Gasteiger partial charge in [-0.25, -0.2) is 0 Å². The summed E-state index contributed by atoms with van der Waals surface area (Å²) in [4.78, 5) is 11.6. The number of aliphatic hydroxyl groups is 1. The second-order valence-corrected chi connectivity index (χ2v) is 3.73. The molecule has 4 N–H and O–H groups in total. The van der Waals surface area contributed by atoms with Gasteiger partial charge in [0.05, 0.1) is 6.10 Å². The van der Waals surface area contributed by atoms with Gasteiger partial charge in [-0.3, -0.25) is 4.79 Å². The number of hydrogen-bond donors (Lipinski definition) is 3. The molecule has 0 saturated heterocycles. The molecule has 0 heterocycles. The van der Waals surface area contributed by atoms with Crippen LogP contribution in [0, 0.1) is 0 Å². The highest BCUT2D eigenvalue weighted by Crippen LogP contribution is 2.06. The molecule has 0 saturated carbocycles. The van der Waals surface area contributed by atoms with Crippen LogP contribution in [0.15, 0.2) is 24.3 Å². The fraction of sp³-hybridized carbons (Fsp3) is 0.417. The van der Waals surface area contributed by atoms with Crippen molar-refractivity contribution in [2.75, 3.05) is 12.3 Å². The van der Waals surface area contributed by atoms with Gasteiger partial charge in [0, 0.05) is 17.8 Å². The molecular weight excluding hydrogens is 240 g/mol. The van der Waals surface area contributed by atoms with Gasteiger partial charge < -0.3 is 16.2 Å². The Bertz CT molecular complexity index is 358. The second-order valence-electron chi connectivity index (χ2n) is 3.73. The lowest BCUT2D eigenvalue weighted by molar-refractivity contribution is 0.0942. The van der Waals surface area contributed by atoms with Crippen LogP contribution in [-0.4, -0.2) is 23.7 Å². The summed E-state index contributed by atoms with van der Waals surface area (Å²) in [5.41, 5.74) is 6.69. The average Bonchev–Trinajstić information content (AvgIpc) is 2.28. The Labute approximate surface area is 108 Å². The zero-order chi connectivity index (χ0) is 12.0. The van der Waals surface area contributed by atoms with Gasteiger partial charge in [0.1, 0.15) is 0 Å². The lowest BCUT2D eigenvalue weighted by Crippen LogP contribution is -2.27. The van der Waals surface area contributed by atoms with Gasteiger partial charge >= 0.3 is 0 Å². The van der Waals surface area contributed by atoms with Crippen LogP contribution >= 0.6 is 12.4 Å². The van der Waals surface area contributed by atoms with Crippen LogP contribution in [0.3, 0.4) is 0 Å². The van der Waals surface area contributed by atoms with Crippen molar-refractivity contribution in [3.63, 3.8) is 0 Å². The van der Waals surface area contributed by atoms with E-state index in [2.05, 4.69) is 5.32 Å². The fourth-order valence-electron chi connectivity index (χ4n) is 1.34. The quantitative estimate of drug-likeness (QED) is 0.702. The molecule has 1 atom stereocenters. The maximum atomic E-state index is 11.6. The minimum absolute atomic E-state index is 0. The molecule has 1 unspecified atom stereocenters. The molecular formula is C12H19ClN2O2. The van der Waals surface area contributed by atoms with E-state index in [1.165, 1.54) is 0 Å². The molecule has 0 aliphatic carbocycles. The number of halogens is 1. The Morgan fingerprint density at radius 2 is 2.24 bits per heavy atom. The number of aliphatic hydroxyl groups excluding tert-OH is 1. The first-order valence-electron chi connectivity index (χ1n) is 5.45. The molecule has 0 radical (unpaired) electrons. The number of nitrogen functional groups attached to an aromatic ring is 1. The van der Waals surface area contributed by atoms with E-state index in [1.807, 2.05) is 6.92 Å². The summed E-state index contributed by atoms with van der Waals surface area (Å²) >= 11 is 0. The highest BCUT2D eigenvalue weighted by Gasteiger charge is 2.06. The number of carbonyl (C=O) groups excluding carboxylic acids is 1. The summed E-state index contributed by atoms with van der Waals surface area (Å²) in [6.45, 7) is 2.38. The van der Waals surface area contributed by atoms with Gasteiger partial charge in [-0.2, -0.15) is 0 Å². The van der Waals surface area contributed by atoms with E-state index in [0.717, 1.165) is 0 Å². The first kappa shape index (κ1) is 15.7. The molecule has 0 bridgehead atoms. The van der Waals surface area contributed by atoms with Crippen molar-refractivity contribution >= 4 is 24.0 Å². The number of anilines is 1. The normalized spacial score (nSPS) is 11.4. The summed E-state index contributed by atoms with van der Waals surface area (Å²) in [5.74, 6) is -0.157. The number of rotatable bonds is 5. The van der Waals surface area contributed by atoms with E-state index in [4.69, 9.17) is 5.73 Å². The van der Waals surface area contributed by atoms with Crippen molar-refractivity contribution in [1.29, 1.82) is 0 Å². The number of amides is 1. The molecule has 96 valence electrons. The first-order valence-corrected chi connectivity index (χ1v) is 5.45. The van der Waals surface area contributed by atoms with Gasteiger partial charge in [-0.1, -0.05) is 13.0 Å². The minimum atomic E-state index is -0.346. The van der Waals surface area contributed by atoms with E-state index >= 15 is 0 Å². The summed E-state index contributed by atoms with van der Waals surface area (Å²) in [5, 5.41) is 12.1. The van der Waals surface area contributed by atoms with Gasteiger partial charge in [-0.05, 0) is 31.0 Å². The summed E-state index contributed by atoms with van der Waals surface area (Å²) < 4.78 is 0. The Balaban J connectivity index is 0.00000256. The number of nitrogens with one attached hydrogen (secondary N) is 1. The Kier molecular flexibility index (Phi) is 7.34. The third kappa shape index (κ3) is 5.56. The van der Waals surface area contributed by atoms with Crippen LogP contribution in [0.25, 0.3) is 0 Å². The van der Waals surface area contributed by atoms with Crippen LogP contribution < -0.4 is 11.1 Å². The second kappa shape index (κ2) is 7.92. The predicted octanol–water partition coefficient (Wildman–Crippen LogP) is 1.58. The standard InChI is InChI=1S/C12H18N2O2.ClH/c1-2-11(15)6-7-14-12(16)9-4-3-5-10(13)8-9;/h3-5,8,11,15H,2,6-7,13H2,1H3,(H,14,16);1H. The molecule has 0 spiro atoms. The molecule has 17 heavy (non-hydrogen) atoms. The molecule has 0 aliphatic heterocycles. The van der Waals surface area contributed by atoms with E-state index in [9.17, 15) is 9.90 Å². The first-order chi connectivity index (χ1) is 7.63. The molecule has 0 aliphatic rings. The van der Waals surface area contributed by atoms with E-state index < -0.39 is 0 Å². The van der Waals surface area contributed by atoms with E-state index in [1.54, 1.807) is 24.3 Å². The maximum Gasteiger partial charge on any atom is 0.251 e. The molecule has 1 aromatic rings. The van der Waals surface area contributed by atoms with E-state index in [-0.39, 0.29) is 24.4 Å². The molecule has 4 nitrogen and oxygen atoms in total. The van der Waals surface area contributed by atoms with Crippen molar-refractivity contribution in [3.8, 4) is 0 Å². The van der Waals surface area contributed by atoms with Crippen molar-refractivity contribution in [3.05, 3.63) is 29.8 Å². The van der Waals surface area contributed by atoms with Crippen LogP contribution in [0.4, 0.5) is 5.69 Å². The zero-order valence-electron chi connectivity index (χ0n) is 9.85. The molecule has 0 fully saturated rings. The van der Waals surface area contributed by atoms with Crippen molar-refractivity contribution < 1.29 is 9.90 Å². The lowest BCUT2D eigenvalue weighted by Gasteiger charge is -2.09.